The third-order valence-electron chi connectivity index (χ3n) is 3.76. The van der Waals surface area contributed by atoms with Gasteiger partial charge < -0.3 is 10.1 Å². The molecule has 0 saturated carbocycles. The fraction of sp³-hybridized carbons (Fsp3) is 0.0500. The molecular formula is C20H15BrClNO4S. The van der Waals surface area contributed by atoms with Crippen LogP contribution in [-0.2, 0) is 14.6 Å². The van der Waals surface area contributed by atoms with E-state index in [0.717, 1.165) is 4.47 Å². The van der Waals surface area contributed by atoms with Gasteiger partial charge in [-0.05, 0) is 54.6 Å². The van der Waals surface area contributed by atoms with Crippen molar-refractivity contribution in [1.29, 1.82) is 0 Å². The predicted molar refractivity (Wildman–Crippen MR) is 112 cm³/mol. The van der Waals surface area contributed by atoms with Crippen LogP contribution in [0.2, 0.25) is 5.02 Å². The third kappa shape index (κ3) is 4.92. The second-order valence-electron chi connectivity index (χ2n) is 5.75. The summed E-state index contributed by atoms with van der Waals surface area (Å²) in [6, 6.07) is 19.2. The Morgan fingerprint density at radius 2 is 1.61 bits per heavy atom. The first kappa shape index (κ1) is 20.4. The Hall–Kier alpha value is -2.35. The van der Waals surface area contributed by atoms with Crippen LogP contribution in [0.4, 0.5) is 5.69 Å². The summed E-state index contributed by atoms with van der Waals surface area (Å²) in [6.45, 7) is -0.239. The van der Waals surface area contributed by atoms with E-state index in [1.54, 1.807) is 36.4 Å². The summed E-state index contributed by atoms with van der Waals surface area (Å²) in [5.41, 5.74) is 0.475. The van der Waals surface area contributed by atoms with Gasteiger partial charge in [0.05, 0.1) is 20.5 Å². The molecule has 0 spiro atoms. The van der Waals surface area contributed by atoms with Crippen molar-refractivity contribution >= 4 is 49.0 Å². The Kier molecular flexibility index (Phi) is 6.39. The van der Waals surface area contributed by atoms with Crippen LogP contribution >= 0.6 is 27.5 Å². The van der Waals surface area contributed by atoms with Gasteiger partial charge in [-0.3, -0.25) is 4.79 Å². The zero-order chi connectivity index (χ0) is 20.1. The molecule has 3 aromatic carbocycles. The normalized spacial score (nSPS) is 11.1. The zero-order valence-electron chi connectivity index (χ0n) is 14.4. The molecular weight excluding hydrogens is 466 g/mol. The van der Waals surface area contributed by atoms with Gasteiger partial charge in [-0.2, -0.15) is 0 Å². The molecule has 3 rings (SSSR count). The highest BCUT2D eigenvalue weighted by atomic mass is 79.9. The summed E-state index contributed by atoms with van der Waals surface area (Å²) in [5.74, 6) is -0.00530. The fourth-order valence-electron chi connectivity index (χ4n) is 2.38. The second-order valence-corrected chi connectivity index (χ2v) is 9.02. The molecule has 0 aliphatic heterocycles. The number of amides is 1. The number of sulfone groups is 1. The number of ether oxygens (including phenoxy) is 1. The summed E-state index contributed by atoms with van der Waals surface area (Å²) < 4.78 is 31.3. The minimum atomic E-state index is -3.59. The van der Waals surface area contributed by atoms with Crippen molar-refractivity contribution in [2.75, 3.05) is 11.9 Å². The first-order valence-corrected chi connectivity index (χ1v) is 10.8. The van der Waals surface area contributed by atoms with Crippen LogP contribution in [0, 0.1) is 0 Å². The van der Waals surface area contributed by atoms with E-state index in [-0.39, 0.29) is 22.3 Å². The summed E-state index contributed by atoms with van der Waals surface area (Å²) in [4.78, 5) is 12.4. The van der Waals surface area contributed by atoms with Gasteiger partial charge in [0.25, 0.3) is 5.91 Å². The number of anilines is 1. The van der Waals surface area contributed by atoms with Gasteiger partial charge in [-0.15, -0.1) is 0 Å². The molecule has 0 aliphatic rings. The lowest BCUT2D eigenvalue weighted by molar-refractivity contribution is -0.118. The number of hydrogen-bond donors (Lipinski definition) is 1. The molecule has 0 aliphatic carbocycles. The van der Waals surface area contributed by atoms with Crippen LogP contribution in [0.3, 0.4) is 0 Å². The van der Waals surface area contributed by atoms with E-state index < -0.39 is 9.84 Å². The van der Waals surface area contributed by atoms with E-state index in [2.05, 4.69) is 21.2 Å². The summed E-state index contributed by atoms with van der Waals surface area (Å²) in [5, 5.41) is 3.05. The summed E-state index contributed by atoms with van der Waals surface area (Å²) >= 11 is 9.35. The Morgan fingerprint density at radius 3 is 2.25 bits per heavy atom. The Bertz CT molecular complexity index is 1090. The predicted octanol–water partition coefficient (Wildman–Crippen LogP) is 4.95. The minimum Gasteiger partial charge on any atom is -0.484 e. The molecule has 0 saturated heterocycles. The van der Waals surface area contributed by atoms with Crippen molar-refractivity contribution in [2.45, 2.75) is 9.79 Å². The van der Waals surface area contributed by atoms with E-state index in [1.165, 1.54) is 36.4 Å². The van der Waals surface area contributed by atoms with Crippen molar-refractivity contribution < 1.29 is 17.9 Å². The molecule has 0 atom stereocenters. The van der Waals surface area contributed by atoms with Crippen molar-refractivity contribution in [3.63, 3.8) is 0 Å². The van der Waals surface area contributed by atoms with Crippen LogP contribution < -0.4 is 10.1 Å². The van der Waals surface area contributed by atoms with Gasteiger partial charge in [0.1, 0.15) is 5.75 Å². The molecule has 0 aromatic heterocycles. The van der Waals surface area contributed by atoms with Crippen LogP contribution in [0.25, 0.3) is 0 Å². The monoisotopic (exact) mass is 479 g/mol. The minimum absolute atomic E-state index is 0.150. The number of carbonyl (C=O) groups excluding carboxylic acids is 1. The maximum absolute atomic E-state index is 12.5. The van der Waals surface area contributed by atoms with Crippen molar-refractivity contribution in [2.24, 2.45) is 0 Å². The number of benzene rings is 3. The van der Waals surface area contributed by atoms with Gasteiger partial charge in [0, 0.05) is 4.47 Å². The molecule has 28 heavy (non-hydrogen) atoms. The molecule has 3 aromatic rings. The van der Waals surface area contributed by atoms with Gasteiger partial charge in [0.2, 0.25) is 9.84 Å². The molecule has 0 bridgehead atoms. The summed E-state index contributed by atoms with van der Waals surface area (Å²) in [6.07, 6.45) is 0. The molecule has 0 fully saturated rings. The highest BCUT2D eigenvalue weighted by molar-refractivity contribution is 9.10. The molecule has 1 N–H and O–H groups in total. The number of halogens is 2. The topological polar surface area (TPSA) is 72.5 Å². The highest BCUT2D eigenvalue weighted by Gasteiger charge is 2.17. The lowest BCUT2D eigenvalue weighted by Crippen LogP contribution is -2.20. The molecule has 8 heteroatoms. The maximum atomic E-state index is 12.5. The van der Waals surface area contributed by atoms with E-state index in [4.69, 9.17) is 16.3 Å². The fourth-order valence-corrected chi connectivity index (χ4v) is 4.38. The SMILES string of the molecule is O=C(COc1ccc(S(=O)(=O)c2ccccc2)cc1)Nc1ccc(Br)cc1Cl. The van der Waals surface area contributed by atoms with Crippen LogP contribution in [0.5, 0.6) is 5.75 Å². The first-order valence-electron chi connectivity index (χ1n) is 8.14. The standard InChI is InChI=1S/C20H15BrClNO4S/c21-14-6-11-19(18(22)12-14)23-20(24)13-27-15-7-9-17(10-8-15)28(25,26)16-4-2-1-3-5-16/h1-12H,13H2,(H,23,24). The Balaban J connectivity index is 1.62. The van der Waals surface area contributed by atoms with Crippen molar-refractivity contribution in [1.82, 2.24) is 0 Å². The van der Waals surface area contributed by atoms with Crippen molar-refractivity contribution in [3.8, 4) is 5.75 Å². The number of nitrogens with one attached hydrogen (secondary N) is 1. The van der Waals surface area contributed by atoms with Crippen LogP contribution in [0.15, 0.2) is 87.1 Å². The lowest BCUT2D eigenvalue weighted by Gasteiger charge is -2.10. The molecule has 0 heterocycles. The highest BCUT2D eigenvalue weighted by Crippen LogP contribution is 2.26. The lowest BCUT2D eigenvalue weighted by atomic mass is 10.3. The largest absolute Gasteiger partial charge is 0.484 e. The number of carbonyl (C=O) groups is 1. The van der Waals surface area contributed by atoms with E-state index >= 15 is 0 Å². The average Bonchev–Trinajstić information content (AvgIpc) is 2.69. The number of rotatable bonds is 6. The van der Waals surface area contributed by atoms with Gasteiger partial charge >= 0.3 is 0 Å². The van der Waals surface area contributed by atoms with E-state index in [0.29, 0.717) is 16.5 Å². The van der Waals surface area contributed by atoms with Crippen molar-refractivity contribution in [3.05, 3.63) is 82.3 Å². The van der Waals surface area contributed by atoms with E-state index in [1.807, 2.05) is 0 Å². The quantitative estimate of drug-likeness (QED) is 0.542. The summed E-state index contributed by atoms with van der Waals surface area (Å²) in [7, 11) is -3.59. The molecule has 0 unspecified atom stereocenters. The van der Waals surface area contributed by atoms with Gasteiger partial charge in [0.15, 0.2) is 6.61 Å². The average molecular weight is 481 g/mol. The zero-order valence-corrected chi connectivity index (χ0v) is 17.6. The second kappa shape index (κ2) is 8.77. The Morgan fingerprint density at radius 1 is 0.964 bits per heavy atom. The smallest absolute Gasteiger partial charge is 0.262 e. The van der Waals surface area contributed by atoms with Crippen LogP contribution in [-0.4, -0.2) is 20.9 Å². The molecule has 0 radical (unpaired) electrons. The molecule has 144 valence electrons. The first-order chi connectivity index (χ1) is 13.4. The molecule has 5 nitrogen and oxygen atoms in total. The maximum Gasteiger partial charge on any atom is 0.262 e. The van der Waals surface area contributed by atoms with Gasteiger partial charge in [-0.25, -0.2) is 8.42 Å². The van der Waals surface area contributed by atoms with Crippen LogP contribution in [0.1, 0.15) is 0 Å². The van der Waals surface area contributed by atoms with Gasteiger partial charge in [-0.1, -0.05) is 45.7 Å². The van der Waals surface area contributed by atoms with E-state index in [9.17, 15) is 13.2 Å². The molecule has 1 amide bonds. The number of hydrogen-bond acceptors (Lipinski definition) is 4. The third-order valence-corrected chi connectivity index (χ3v) is 6.35. The Labute approximate surface area is 176 Å².